The monoisotopic (exact) mass is 1040 g/mol. The van der Waals surface area contributed by atoms with Crippen LogP contribution in [0.25, 0.3) is 0 Å². The van der Waals surface area contributed by atoms with E-state index in [-0.39, 0.29) is 32.6 Å². The zero-order chi connectivity index (χ0) is 53.1. The van der Waals surface area contributed by atoms with Crippen molar-refractivity contribution in [1.82, 2.24) is 0 Å². The van der Waals surface area contributed by atoms with Crippen molar-refractivity contribution in [3.05, 3.63) is 72.9 Å². The van der Waals surface area contributed by atoms with Gasteiger partial charge < -0.3 is 20.1 Å². The van der Waals surface area contributed by atoms with Crippen LogP contribution in [-0.4, -0.2) is 49.3 Å². The number of esters is 2. The van der Waals surface area contributed by atoms with E-state index in [0.717, 1.165) is 77.0 Å². The van der Waals surface area contributed by atoms with Gasteiger partial charge in [-0.2, -0.15) is 0 Å². The van der Waals surface area contributed by atoms with Crippen molar-refractivity contribution in [2.45, 2.75) is 290 Å². The lowest BCUT2D eigenvalue weighted by molar-refractivity contribution is -0.161. The van der Waals surface area contributed by atoms with Crippen LogP contribution in [0.3, 0.4) is 0 Å². The van der Waals surface area contributed by atoms with Gasteiger partial charge >= 0.3 is 19.8 Å². The zero-order valence-corrected chi connectivity index (χ0v) is 48.3. The summed E-state index contributed by atoms with van der Waals surface area (Å²) < 4.78 is 33.1. The van der Waals surface area contributed by atoms with Crippen LogP contribution in [0.4, 0.5) is 0 Å². The molecule has 2 atom stereocenters. The molecule has 73 heavy (non-hydrogen) atoms. The lowest BCUT2D eigenvalue weighted by Gasteiger charge is -2.19. The largest absolute Gasteiger partial charge is 0.472 e. The Morgan fingerprint density at radius 1 is 0.411 bits per heavy atom. The van der Waals surface area contributed by atoms with Crippen molar-refractivity contribution in [1.29, 1.82) is 0 Å². The second-order valence-electron chi connectivity index (χ2n) is 20.2. The van der Waals surface area contributed by atoms with Crippen LogP contribution in [0.5, 0.6) is 0 Å². The maximum Gasteiger partial charge on any atom is 0.472 e. The van der Waals surface area contributed by atoms with Crippen molar-refractivity contribution < 1.29 is 37.6 Å². The SMILES string of the molecule is CCCCCCC/C=C\C/C=C\C/C=C\CCCCCCCCCCCCCCCCCCC(=O)OC(COC(=O)CCCCCCCC/C=C\C/C=C\C/C=C\CCCCCCC)COP(=O)(O)OCCN. The summed E-state index contributed by atoms with van der Waals surface area (Å²) in [4.78, 5) is 35.2. The van der Waals surface area contributed by atoms with Crippen molar-refractivity contribution in [2.75, 3.05) is 26.4 Å². The van der Waals surface area contributed by atoms with Gasteiger partial charge in [-0.1, -0.05) is 254 Å². The summed E-state index contributed by atoms with van der Waals surface area (Å²) in [6.07, 6.45) is 75.3. The zero-order valence-electron chi connectivity index (χ0n) is 47.4. The van der Waals surface area contributed by atoms with Crippen molar-refractivity contribution in [3.63, 3.8) is 0 Å². The molecule has 0 aromatic heterocycles. The molecule has 9 nitrogen and oxygen atoms in total. The topological polar surface area (TPSA) is 134 Å². The lowest BCUT2D eigenvalue weighted by Crippen LogP contribution is -2.29. The number of ether oxygens (including phenoxy) is 2. The molecule has 0 saturated heterocycles. The number of nitrogens with two attached hydrogens (primary N) is 1. The van der Waals surface area contributed by atoms with Gasteiger partial charge in [0.2, 0.25) is 0 Å². The number of phosphoric acid groups is 1. The van der Waals surface area contributed by atoms with Crippen LogP contribution < -0.4 is 5.73 Å². The molecule has 0 aliphatic rings. The van der Waals surface area contributed by atoms with Gasteiger partial charge in [-0.05, 0) is 89.9 Å². The first-order valence-corrected chi connectivity index (χ1v) is 31.9. The quantitative estimate of drug-likeness (QED) is 0.0264. The second-order valence-corrected chi connectivity index (χ2v) is 21.7. The molecule has 0 rings (SSSR count). The van der Waals surface area contributed by atoms with Crippen LogP contribution in [-0.2, 0) is 32.7 Å². The Bertz CT molecular complexity index is 1420. The normalized spacial score (nSPS) is 13.5. The van der Waals surface area contributed by atoms with E-state index >= 15 is 0 Å². The lowest BCUT2D eigenvalue weighted by atomic mass is 10.0. The predicted molar refractivity (Wildman–Crippen MR) is 312 cm³/mol. The number of unbranched alkanes of at least 4 members (excludes halogenated alkanes) is 32. The molecule has 0 aromatic rings. The van der Waals surface area contributed by atoms with Gasteiger partial charge in [-0.3, -0.25) is 18.6 Å². The smallest absolute Gasteiger partial charge is 0.462 e. The standard InChI is InChI=1S/C63H114NO8P/c1-3-5-7-9-11-13-15-17-19-21-23-25-26-27-28-29-30-31-32-33-34-36-38-40-42-44-46-48-50-52-54-56-63(66)72-61(60-71-73(67,68)70-58-57-64)59-69-62(65)55-53-51-49-47-45-43-41-39-37-35-24-22-20-18-16-14-12-10-8-6-4-2/h15-18,21-24,26-27,37,39,61H,3-14,19-20,25,28-36,38,40-60,64H2,1-2H3,(H,67,68)/b17-15-,18-16-,23-21-,24-22-,27-26-,39-37-. The molecule has 424 valence electrons. The Morgan fingerprint density at radius 2 is 0.712 bits per heavy atom. The molecule has 0 bridgehead atoms. The van der Waals surface area contributed by atoms with Crippen molar-refractivity contribution in [3.8, 4) is 0 Å². The fraction of sp³-hybridized carbons (Fsp3) is 0.778. The van der Waals surface area contributed by atoms with E-state index < -0.39 is 32.5 Å². The van der Waals surface area contributed by atoms with E-state index in [4.69, 9.17) is 24.3 Å². The molecule has 0 amide bonds. The highest BCUT2D eigenvalue weighted by molar-refractivity contribution is 7.47. The molecular weight excluding hydrogens is 930 g/mol. The molecule has 0 radical (unpaired) electrons. The summed E-state index contributed by atoms with van der Waals surface area (Å²) in [5, 5.41) is 0. The van der Waals surface area contributed by atoms with E-state index in [9.17, 15) is 19.0 Å². The van der Waals surface area contributed by atoms with Crippen LogP contribution in [0.2, 0.25) is 0 Å². The number of hydrogen-bond donors (Lipinski definition) is 2. The average molecular weight is 1040 g/mol. The minimum atomic E-state index is -4.39. The summed E-state index contributed by atoms with van der Waals surface area (Å²) in [5.41, 5.74) is 5.38. The minimum absolute atomic E-state index is 0.0495. The second kappa shape index (κ2) is 58.7. The third kappa shape index (κ3) is 58.6. The van der Waals surface area contributed by atoms with Crippen LogP contribution in [0.1, 0.15) is 284 Å². The fourth-order valence-corrected chi connectivity index (χ4v) is 9.30. The molecule has 0 heterocycles. The molecular formula is C63H114NO8P. The van der Waals surface area contributed by atoms with Gasteiger partial charge in [-0.25, -0.2) is 4.57 Å². The van der Waals surface area contributed by atoms with E-state index in [2.05, 4.69) is 86.8 Å². The molecule has 10 heteroatoms. The first-order chi connectivity index (χ1) is 35.8. The molecule has 3 N–H and O–H groups in total. The summed E-state index contributed by atoms with van der Waals surface area (Å²) in [5.74, 6) is -0.836. The molecule has 0 aromatic carbocycles. The van der Waals surface area contributed by atoms with Crippen LogP contribution in [0, 0.1) is 0 Å². The van der Waals surface area contributed by atoms with E-state index in [1.807, 2.05) is 0 Å². The summed E-state index contributed by atoms with van der Waals surface area (Å²) in [7, 11) is -4.39. The van der Waals surface area contributed by atoms with Gasteiger partial charge in [0.1, 0.15) is 6.61 Å². The highest BCUT2D eigenvalue weighted by Crippen LogP contribution is 2.43. The minimum Gasteiger partial charge on any atom is -0.462 e. The number of carbonyl (C=O) groups is 2. The summed E-state index contributed by atoms with van der Waals surface area (Å²) in [6.45, 7) is 3.73. The summed E-state index contributed by atoms with van der Waals surface area (Å²) >= 11 is 0. The Morgan fingerprint density at radius 3 is 1.05 bits per heavy atom. The fourth-order valence-electron chi connectivity index (χ4n) is 8.53. The average Bonchev–Trinajstić information content (AvgIpc) is 3.38. The molecule has 0 fully saturated rings. The Labute approximate surface area is 450 Å². The maximum absolute atomic E-state index is 12.7. The number of phosphoric ester groups is 1. The van der Waals surface area contributed by atoms with Gasteiger partial charge in [-0.15, -0.1) is 0 Å². The number of rotatable bonds is 57. The van der Waals surface area contributed by atoms with Gasteiger partial charge in [0.05, 0.1) is 13.2 Å². The Hall–Kier alpha value is -2.55. The van der Waals surface area contributed by atoms with E-state index in [1.165, 1.54) is 173 Å². The number of allylic oxidation sites excluding steroid dienone is 12. The molecule has 0 aliphatic carbocycles. The van der Waals surface area contributed by atoms with E-state index in [0.29, 0.717) is 6.42 Å². The molecule has 0 aliphatic heterocycles. The third-order valence-corrected chi connectivity index (χ3v) is 14.0. The van der Waals surface area contributed by atoms with Crippen LogP contribution in [0.15, 0.2) is 72.9 Å². The molecule has 2 unspecified atom stereocenters. The van der Waals surface area contributed by atoms with Gasteiger partial charge in [0.15, 0.2) is 6.10 Å². The van der Waals surface area contributed by atoms with Crippen molar-refractivity contribution >= 4 is 19.8 Å². The third-order valence-electron chi connectivity index (χ3n) is 13.1. The Kier molecular flexibility index (Phi) is 56.7. The van der Waals surface area contributed by atoms with Crippen molar-refractivity contribution in [2.24, 2.45) is 5.73 Å². The number of hydrogen-bond acceptors (Lipinski definition) is 8. The van der Waals surface area contributed by atoms with Gasteiger partial charge in [0, 0.05) is 19.4 Å². The maximum atomic E-state index is 12.7. The van der Waals surface area contributed by atoms with Crippen LogP contribution >= 0.6 is 7.82 Å². The number of carbonyl (C=O) groups excluding carboxylic acids is 2. The summed E-state index contributed by atoms with van der Waals surface area (Å²) in [6, 6.07) is 0. The predicted octanol–water partition coefficient (Wildman–Crippen LogP) is 19.3. The van der Waals surface area contributed by atoms with Gasteiger partial charge in [0.25, 0.3) is 0 Å². The van der Waals surface area contributed by atoms with E-state index in [1.54, 1.807) is 0 Å². The molecule has 0 saturated carbocycles. The molecule has 0 spiro atoms. The highest BCUT2D eigenvalue weighted by Gasteiger charge is 2.26. The first kappa shape index (κ1) is 70.5. The first-order valence-electron chi connectivity index (χ1n) is 30.4. The highest BCUT2D eigenvalue weighted by atomic mass is 31.2. The Balaban J connectivity index is 3.95.